The second kappa shape index (κ2) is 4.15. The zero-order valence-electron chi connectivity index (χ0n) is 8.64. The fourth-order valence-corrected chi connectivity index (χ4v) is 2.16. The van der Waals surface area contributed by atoms with E-state index in [2.05, 4.69) is 16.4 Å². The minimum Gasteiger partial charge on any atom is -0.394 e. The molecule has 0 fully saturated rings. The summed E-state index contributed by atoms with van der Waals surface area (Å²) in [4.78, 5) is 3.41. The Kier molecular flexibility index (Phi) is 2.89. The lowest BCUT2D eigenvalue weighted by Crippen LogP contribution is -2.20. The molecule has 0 saturated carbocycles. The molecule has 2 rings (SSSR count). The van der Waals surface area contributed by atoms with Gasteiger partial charge in [-0.25, -0.2) is 0 Å². The smallest absolute Gasteiger partial charge is 0.0705 e. The van der Waals surface area contributed by atoms with Gasteiger partial charge < -0.3 is 15.4 Å². The Labute approximate surface area is 84.5 Å². The summed E-state index contributed by atoms with van der Waals surface area (Å²) in [5.74, 6) is 0. The van der Waals surface area contributed by atoms with E-state index in [9.17, 15) is 0 Å². The third kappa shape index (κ3) is 1.70. The van der Waals surface area contributed by atoms with Crippen LogP contribution in [-0.4, -0.2) is 23.7 Å². The Morgan fingerprint density at radius 1 is 1.50 bits per heavy atom. The number of aliphatic hydroxyl groups is 1. The van der Waals surface area contributed by atoms with Gasteiger partial charge in [0.05, 0.1) is 12.6 Å². The summed E-state index contributed by atoms with van der Waals surface area (Å²) in [6.45, 7) is 0.149. The average molecular weight is 194 g/mol. The number of fused-ring (bicyclic) bond motifs is 1. The molecule has 0 aliphatic heterocycles. The molecular formula is C11H18N2O. The first-order valence-electron chi connectivity index (χ1n) is 5.34. The van der Waals surface area contributed by atoms with Crippen LogP contribution in [0.5, 0.6) is 0 Å². The topological polar surface area (TPSA) is 48.0 Å². The summed E-state index contributed by atoms with van der Waals surface area (Å²) >= 11 is 0. The first-order chi connectivity index (χ1) is 6.85. The molecule has 14 heavy (non-hydrogen) atoms. The Hall–Kier alpha value is -0.800. The predicted octanol–water partition coefficient (Wildman–Crippen LogP) is 1.15. The SMILES string of the molecule is CN[C@H](CO)c1cc2c([nH]1)CCCC2. The first kappa shape index (κ1) is 9.74. The Morgan fingerprint density at radius 3 is 2.93 bits per heavy atom. The number of aliphatic hydroxyl groups excluding tert-OH is 1. The van der Waals surface area contributed by atoms with Crippen LogP contribution in [0.2, 0.25) is 0 Å². The van der Waals surface area contributed by atoms with Crippen LogP contribution >= 0.6 is 0 Å². The van der Waals surface area contributed by atoms with E-state index in [0.29, 0.717) is 0 Å². The van der Waals surface area contributed by atoms with Gasteiger partial charge in [-0.05, 0) is 44.4 Å². The van der Waals surface area contributed by atoms with Crippen molar-refractivity contribution < 1.29 is 5.11 Å². The molecule has 1 aromatic rings. The Morgan fingerprint density at radius 2 is 2.29 bits per heavy atom. The quantitative estimate of drug-likeness (QED) is 0.676. The maximum atomic E-state index is 9.16. The molecule has 0 unspecified atom stereocenters. The summed E-state index contributed by atoms with van der Waals surface area (Å²) in [7, 11) is 1.88. The Bertz CT molecular complexity index is 279. The number of rotatable bonds is 3. The van der Waals surface area contributed by atoms with Crippen molar-refractivity contribution in [3.05, 3.63) is 23.0 Å². The highest BCUT2D eigenvalue weighted by Crippen LogP contribution is 2.24. The molecule has 0 radical (unpaired) electrons. The fraction of sp³-hybridized carbons (Fsp3) is 0.636. The molecule has 0 amide bonds. The molecule has 1 atom stereocenters. The van der Waals surface area contributed by atoms with E-state index < -0.39 is 0 Å². The third-order valence-corrected chi connectivity index (χ3v) is 3.04. The van der Waals surface area contributed by atoms with Crippen molar-refractivity contribution in [3.63, 3.8) is 0 Å². The largest absolute Gasteiger partial charge is 0.394 e. The molecule has 1 aromatic heterocycles. The number of hydrogen-bond acceptors (Lipinski definition) is 2. The highest BCUT2D eigenvalue weighted by molar-refractivity contribution is 5.29. The lowest BCUT2D eigenvalue weighted by Gasteiger charge is -2.10. The molecule has 0 saturated heterocycles. The van der Waals surface area contributed by atoms with E-state index in [0.717, 1.165) is 12.1 Å². The molecule has 0 spiro atoms. The molecule has 3 N–H and O–H groups in total. The molecule has 78 valence electrons. The van der Waals surface area contributed by atoms with Crippen molar-refractivity contribution in [2.75, 3.05) is 13.7 Å². The summed E-state index contributed by atoms with van der Waals surface area (Å²) < 4.78 is 0. The third-order valence-electron chi connectivity index (χ3n) is 3.04. The molecule has 0 aromatic carbocycles. The lowest BCUT2D eigenvalue weighted by molar-refractivity contribution is 0.249. The van der Waals surface area contributed by atoms with Crippen molar-refractivity contribution in [2.24, 2.45) is 0 Å². The van der Waals surface area contributed by atoms with E-state index in [-0.39, 0.29) is 12.6 Å². The highest BCUT2D eigenvalue weighted by Gasteiger charge is 2.16. The van der Waals surface area contributed by atoms with Crippen LogP contribution in [0.1, 0.15) is 35.8 Å². The van der Waals surface area contributed by atoms with Crippen molar-refractivity contribution in [2.45, 2.75) is 31.7 Å². The molecular weight excluding hydrogens is 176 g/mol. The number of aryl methyl sites for hydroxylation is 2. The van der Waals surface area contributed by atoms with Crippen LogP contribution in [0.15, 0.2) is 6.07 Å². The summed E-state index contributed by atoms with van der Waals surface area (Å²) in [6, 6.07) is 2.26. The number of nitrogens with one attached hydrogen (secondary N) is 2. The van der Waals surface area contributed by atoms with Crippen molar-refractivity contribution in [1.29, 1.82) is 0 Å². The van der Waals surface area contributed by atoms with Gasteiger partial charge in [-0.2, -0.15) is 0 Å². The number of aromatic amines is 1. The summed E-state index contributed by atoms with van der Waals surface area (Å²) in [5.41, 5.74) is 3.95. The van der Waals surface area contributed by atoms with Gasteiger partial charge >= 0.3 is 0 Å². The lowest BCUT2D eigenvalue weighted by atomic mass is 9.98. The maximum absolute atomic E-state index is 9.16. The highest BCUT2D eigenvalue weighted by atomic mass is 16.3. The molecule has 1 aliphatic carbocycles. The number of aromatic nitrogens is 1. The van der Waals surface area contributed by atoms with Crippen LogP contribution in [0, 0.1) is 0 Å². The van der Waals surface area contributed by atoms with E-state index in [1.165, 1.54) is 30.5 Å². The fourth-order valence-electron chi connectivity index (χ4n) is 2.16. The van der Waals surface area contributed by atoms with Gasteiger partial charge in [0.1, 0.15) is 0 Å². The van der Waals surface area contributed by atoms with Crippen molar-refractivity contribution in [3.8, 4) is 0 Å². The van der Waals surface area contributed by atoms with Gasteiger partial charge in [0.2, 0.25) is 0 Å². The summed E-state index contributed by atoms with van der Waals surface area (Å²) in [5, 5.41) is 12.3. The number of likely N-dealkylation sites (N-methyl/N-ethyl adjacent to an activating group) is 1. The van der Waals surface area contributed by atoms with Gasteiger partial charge in [0.15, 0.2) is 0 Å². The van der Waals surface area contributed by atoms with Crippen LogP contribution in [0.4, 0.5) is 0 Å². The molecule has 1 aliphatic rings. The average Bonchev–Trinajstić information content (AvgIpc) is 2.63. The van der Waals surface area contributed by atoms with Crippen LogP contribution in [0.3, 0.4) is 0 Å². The normalized spacial score (nSPS) is 17.9. The molecule has 3 nitrogen and oxygen atoms in total. The van der Waals surface area contributed by atoms with Crippen molar-refractivity contribution in [1.82, 2.24) is 10.3 Å². The second-order valence-corrected chi connectivity index (χ2v) is 3.96. The first-order valence-corrected chi connectivity index (χ1v) is 5.34. The standard InChI is InChI=1S/C11H18N2O/c1-12-11(7-14)10-6-8-4-2-3-5-9(8)13-10/h6,11-14H,2-5,7H2,1H3/t11-/m1/s1. The van der Waals surface area contributed by atoms with Crippen LogP contribution in [0.25, 0.3) is 0 Å². The van der Waals surface area contributed by atoms with E-state index in [4.69, 9.17) is 5.11 Å². The van der Waals surface area contributed by atoms with Crippen LogP contribution < -0.4 is 5.32 Å². The maximum Gasteiger partial charge on any atom is 0.0705 e. The molecule has 3 heteroatoms. The van der Waals surface area contributed by atoms with Crippen molar-refractivity contribution >= 4 is 0 Å². The predicted molar refractivity (Wildman–Crippen MR) is 56.3 cm³/mol. The van der Waals surface area contributed by atoms with Gasteiger partial charge in [0, 0.05) is 11.4 Å². The zero-order valence-corrected chi connectivity index (χ0v) is 8.64. The van der Waals surface area contributed by atoms with Gasteiger partial charge in [-0.1, -0.05) is 0 Å². The van der Waals surface area contributed by atoms with E-state index in [1.54, 1.807) is 0 Å². The van der Waals surface area contributed by atoms with E-state index >= 15 is 0 Å². The number of H-pyrrole nitrogens is 1. The summed E-state index contributed by atoms with van der Waals surface area (Å²) in [6.07, 6.45) is 4.94. The second-order valence-electron chi connectivity index (χ2n) is 3.96. The minimum atomic E-state index is 0.0561. The van der Waals surface area contributed by atoms with E-state index in [1.807, 2.05) is 7.05 Å². The van der Waals surface area contributed by atoms with Gasteiger partial charge in [-0.3, -0.25) is 0 Å². The Balaban J connectivity index is 2.22. The molecule has 0 bridgehead atoms. The minimum absolute atomic E-state index is 0.0561. The van der Waals surface area contributed by atoms with Crippen LogP contribution in [-0.2, 0) is 12.8 Å². The van der Waals surface area contributed by atoms with Gasteiger partial charge in [0.25, 0.3) is 0 Å². The number of hydrogen-bond donors (Lipinski definition) is 3. The monoisotopic (exact) mass is 194 g/mol. The zero-order chi connectivity index (χ0) is 9.97. The molecule has 1 heterocycles. The van der Waals surface area contributed by atoms with Gasteiger partial charge in [-0.15, -0.1) is 0 Å².